The van der Waals surface area contributed by atoms with E-state index in [2.05, 4.69) is 39.0 Å². The lowest BCUT2D eigenvalue weighted by Crippen LogP contribution is -2.46. The number of benzene rings is 1. The molecule has 0 radical (unpaired) electrons. The smallest absolute Gasteiger partial charge is 0.0730 e. The molecule has 1 aromatic carbocycles. The Morgan fingerprint density at radius 1 is 1.18 bits per heavy atom. The Bertz CT molecular complexity index is 482. The molecule has 3 nitrogen and oxygen atoms in total. The van der Waals surface area contributed by atoms with E-state index < -0.39 is 0 Å². The predicted molar refractivity (Wildman–Crippen MR) is 92.0 cm³/mol. The van der Waals surface area contributed by atoms with Crippen molar-refractivity contribution in [1.29, 1.82) is 0 Å². The molecule has 1 heterocycles. The van der Waals surface area contributed by atoms with E-state index in [4.69, 9.17) is 4.74 Å². The summed E-state index contributed by atoms with van der Waals surface area (Å²) in [4.78, 5) is 2.45. The maximum absolute atomic E-state index is 9.78. The maximum Gasteiger partial charge on any atom is 0.0730 e. The zero-order chi connectivity index (χ0) is 15.4. The van der Waals surface area contributed by atoms with E-state index in [1.165, 1.54) is 29.3 Å². The lowest BCUT2D eigenvalue weighted by atomic mass is 9.91. The van der Waals surface area contributed by atoms with Crippen molar-refractivity contribution in [2.24, 2.45) is 0 Å². The summed E-state index contributed by atoms with van der Waals surface area (Å²) in [5, 5.41) is 9.78. The first-order valence-electron chi connectivity index (χ1n) is 8.51. The number of β-amino-alcohol motifs (C(OH)–C–C–N with tert-alkyl or cyclic N) is 1. The molecule has 2 fully saturated rings. The molecule has 2 unspecified atom stereocenters. The van der Waals surface area contributed by atoms with E-state index in [0.29, 0.717) is 12.1 Å². The monoisotopic (exact) mass is 367 g/mol. The van der Waals surface area contributed by atoms with Crippen LogP contribution in [0, 0.1) is 0 Å². The number of nitrogens with zero attached hydrogens (tertiary/aromatic N) is 1. The Kier molecular flexibility index (Phi) is 5.91. The number of aliphatic hydroxyl groups is 1. The minimum absolute atomic E-state index is 0.136. The van der Waals surface area contributed by atoms with Crippen LogP contribution in [0.3, 0.4) is 0 Å². The fourth-order valence-electron chi connectivity index (χ4n) is 3.78. The molecule has 22 heavy (non-hydrogen) atoms. The van der Waals surface area contributed by atoms with Gasteiger partial charge in [-0.25, -0.2) is 0 Å². The topological polar surface area (TPSA) is 32.7 Å². The second-order valence-electron chi connectivity index (χ2n) is 6.54. The van der Waals surface area contributed by atoms with E-state index in [0.717, 1.165) is 39.0 Å². The van der Waals surface area contributed by atoms with Crippen molar-refractivity contribution >= 4 is 15.9 Å². The summed E-state index contributed by atoms with van der Waals surface area (Å²) in [6.07, 6.45) is 7.01. The summed E-state index contributed by atoms with van der Waals surface area (Å²) in [5.74, 6) is 0. The number of hydrogen-bond donors (Lipinski definition) is 1. The number of aliphatic hydroxyl groups excluding tert-OH is 1. The SMILES string of the molecule is OC1CCN(C2CCCC[C@@H]2OCCc2ccccc2Br)C1. The molecule has 4 heteroatoms. The first-order chi connectivity index (χ1) is 10.7. The van der Waals surface area contributed by atoms with Crippen molar-refractivity contribution in [2.75, 3.05) is 19.7 Å². The predicted octanol–water partition coefficient (Wildman–Crippen LogP) is 3.39. The van der Waals surface area contributed by atoms with Crippen LogP contribution in [0.2, 0.25) is 0 Å². The van der Waals surface area contributed by atoms with Crippen molar-refractivity contribution in [1.82, 2.24) is 4.90 Å². The van der Waals surface area contributed by atoms with Gasteiger partial charge in [0.2, 0.25) is 0 Å². The molecule has 0 aromatic heterocycles. The highest BCUT2D eigenvalue weighted by atomic mass is 79.9. The van der Waals surface area contributed by atoms with E-state index >= 15 is 0 Å². The average molecular weight is 368 g/mol. The van der Waals surface area contributed by atoms with Crippen LogP contribution in [0.1, 0.15) is 37.7 Å². The van der Waals surface area contributed by atoms with Crippen LogP contribution in [-0.2, 0) is 11.2 Å². The molecular weight excluding hydrogens is 342 g/mol. The molecule has 1 saturated heterocycles. The van der Waals surface area contributed by atoms with Gasteiger partial charge in [0, 0.05) is 23.6 Å². The lowest BCUT2D eigenvalue weighted by Gasteiger charge is -2.37. The molecule has 122 valence electrons. The van der Waals surface area contributed by atoms with Gasteiger partial charge in [0.05, 0.1) is 18.8 Å². The van der Waals surface area contributed by atoms with Crippen LogP contribution in [0.25, 0.3) is 0 Å². The van der Waals surface area contributed by atoms with Crippen molar-refractivity contribution in [3.63, 3.8) is 0 Å². The van der Waals surface area contributed by atoms with Crippen LogP contribution in [0.5, 0.6) is 0 Å². The molecule has 0 bridgehead atoms. The van der Waals surface area contributed by atoms with Crippen molar-refractivity contribution in [3.05, 3.63) is 34.3 Å². The lowest BCUT2D eigenvalue weighted by molar-refractivity contribution is -0.0316. The molecule has 3 rings (SSSR count). The maximum atomic E-state index is 9.78. The van der Waals surface area contributed by atoms with E-state index in [1.807, 2.05) is 6.07 Å². The third kappa shape index (κ3) is 4.10. The number of ether oxygens (including phenoxy) is 1. The van der Waals surface area contributed by atoms with Crippen LogP contribution in [-0.4, -0.2) is 48.0 Å². The fourth-order valence-corrected chi connectivity index (χ4v) is 4.26. The molecule has 1 saturated carbocycles. The van der Waals surface area contributed by atoms with Gasteiger partial charge in [-0.1, -0.05) is 47.0 Å². The van der Waals surface area contributed by atoms with Gasteiger partial charge in [0.1, 0.15) is 0 Å². The second kappa shape index (κ2) is 7.91. The van der Waals surface area contributed by atoms with Crippen LogP contribution < -0.4 is 0 Å². The van der Waals surface area contributed by atoms with Gasteiger partial charge in [-0.3, -0.25) is 4.90 Å². The van der Waals surface area contributed by atoms with Gasteiger partial charge in [-0.15, -0.1) is 0 Å². The molecule has 0 amide bonds. The Morgan fingerprint density at radius 3 is 2.77 bits per heavy atom. The molecule has 0 spiro atoms. The number of hydrogen-bond acceptors (Lipinski definition) is 3. The Balaban J connectivity index is 1.52. The van der Waals surface area contributed by atoms with E-state index in [-0.39, 0.29) is 6.10 Å². The molecule has 1 aliphatic carbocycles. The zero-order valence-electron chi connectivity index (χ0n) is 13.1. The summed E-state index contributed by atoms with van der Waals surface area (Å²) >= 11 is 3.60. The first kappa shape index (κ1) is 16.4. The Hall–Kier alpha value is -0.420. The van der Waals surface area contributed by atoms with E-state index in [1.54, 1.807) is 0 Å². The Morgan fingerprint density at radius 2 is 2.00 bits per heavy atom. The van der Waals surface area contributed by atoms with Gasteiger partial charge in [0.25, 0.3) is 0 Å². The molecule has 1 aromatic rings. The number of likely N-dealkylation sites (tertiary alicyclic amines) is 1. The normalized spacial score (nSPS) is 29.8. The molecule has 3 atom stereocenters. The molecule has 1 aliphatic heterocycles. The highest BCUT2D eigenvalue weighted by Gasteiger charge is 2.34. The van der Waals surface area contributed by atoms with Crippen molar-refractivity contribution in [3.8, 4) is 0 Å². The average Bonchev–Trinajstić information content (AvgIpc) is 2.96. The summed E-state index contributed by atoms with van der Waals surface area (Å²) < 4.78 is 7.43. The minimum atomic E-state index is -0.136. The van der Waals surface area contributed by atoms with Crippen molar-refractivity contribution < 1.29 is 9.84 Å². The second-order valence-corrected chi connectivity index (χ2v) is 7.39. The van der Waals surface area contributed by atoms with Gasteiger partial charge < -0.3 is 9.84 Å². The van der Waals surface area contributed by atoms with E-state index in [9.17, 15) is 5.11 Å². The molecular formula is C18H26BrNO2. The third-order valence-electron chi connectivity index (χ3n) is 4.99. The summed E-state index contributed by atoms with van der Waals surface area (Å²) in [6, 6.07) is 8.87. The first-order valence-corrected chi connectivity index (χ1v) is 9.30. The standard InChI is InChI=1S/C18H26BrNO2/c19-16-6-2-1-5-14(16)10-12-22-18-8-4-3-7-17(18)20-11-9-15(21)13-20/h1-2,5-6,15,17-18,21H,3-4,7-13H2/t15?,17?,18-/m0/s1. The fraction of sp³-hybridized carbons (Fsp3) is 0.667. The van der Waals surface area contributed by atoms with Crippen LogP contribution >= 0.6 is 15.9 Å². The summed E-state index contributed by atoms with van der Waals surface area (Å²) in [7, 11) is 0. The number of rotatable bonds is 5. The quantitative estimate of drug-likeness (QED) is 0.865. The summed E-state index contributed by atoms with van der Waals surface area (Å²) in [6.45, 7) is 2.63. The summed E-state index contributed by atoms with van der Waals surface area (Å²) in [5.41, 5.74) is 1.31. The van der Waals surface area contributed by atoms with Gasteiger partial charge >= 0.3 is 0 Å². The molecule has 2 aliphatic rings. The highest BCUT2D eigenvalue weighted by molar-refractivity contribution is 9.10. The van der Waals surface area contributed by atoms with Crippen LogP contribution in [0.4, 0.5) is 0 Å². The third-order valence-corrected chi connectivity index (χ3v) is 5.77. The largest absolute Gasteiger partial charge is 0.392 e. The van der Waals surface area contributed by atoms with Gasteiger partial charge in [-0.05, 0) is 37.3 Å². The minimum Gasteiger partial charge on any atom is -0.392 e. The molecule has 1 N–H and O–H groups in total. The highest BCUT2D eigenvalue weighted by Crippen LogP contribution is 2.28. The van der Waals surface area contributed by atoms with Crippen LogP contribution in [0.15, 0.2) is 28.7 Å². The van der Waals surface area contributed by atoms with Gasteiger partial charge in [0.15, 0.2) is 0 Å². The Labute approximate surface area is 141 Å². The van der Waals surface area contributed by atoms with Crippen molar-refractivity contribution in [2.45, 2.75) is 56.8 Å². The number of halogens is 1. The zero-order valence-corrected chi connectivity index (χ0v) is 14.7. The van der Waals surface area contributed by atoms with Gasteiger partial charge in [-0.2, -0.15) is 0 Å².